The van der Waals surface area contributed by atoms with Crippen molar-refractivity contribution in [2.24, 2.45) is 0 Å². The molecule has 0 heterocycles. The summed E-state index contributed by atoms with van der Waals surface area (Å²) < 4.78 is 0. The first-order valence-electron chi connectivity index (χ1n) is 9.58. The van der Waals surface area contributed by atoms with E-state index in [1.54, 1.807) is 0 Å². The second-order valence-electron chi connectivity index (χ2n) is 7.11. The number of carboxylic acid groups (broad SMARTS) is 1. The maximum atomic E-state index is 10.6. The van der Waals surface area contributed by atoms with Gasteiger partial charge in [-0.25, -0.2) is 4.79 Å². The summed E-state index contributed by atoms with van der Waals surface area (Å²) in [5.74, 6) is -13.9. The van der Waals surface area contributed by atoms with E-state index in [0.717, 1.165) is 25.7 Å². The van der Waals surface area contributed by atoms with Gasteiger partial charge in [0.25, 0.3) is 5.79 Å². The number of carbonyl (C=O) groups is 1. The first kappa shape index (κ1) is 29.7. The number of unbranched alkanes of at least 4 members (excludes halogenated alkanes) is 11. The van der Waals surface area contributed by atoms with Gasteiger partial charge in [-0.1, -0.05) is 77.6 Å². The molecule has 0 aliphatic heterocycles. The van der Waals surface area contributed by atoms with Crippen LogP contribution in [0, 0.1) is 0 Å². The fourth-order valence-electron chi connectivity index (χ4n) is 2.82. The zero-order chi connectivity index (χ0) is 20.3. The van der Waals surface area contributed by atoms with Crippen molar-refractivity contribution in [2.75, 3.05) is 0 Å². The number of hydrogen-bond donors (Lipinski definition) is 7. The Labute approximate surface area is 194 Å². The van der Waals surface area contributed by atoms with Gasteiger partial charge in [-0.3, -0.25) is 0 Å². The molecule has 7 N–H and O–H groups in total. The molecule has 0 aromatic rings. The Hall–Kier alpha value is 0.490. The summed E-state index contributed by atoms with van der Waals surface area (Å²) in [5.41, 5.74) is 0. The molecule has 0 atom stereocenters. The van der Waals surface area contributed by atoms with Crippen molar-refractivity contribution < 1.29 is 43.4 Å². The maximum absolute atomic E-state index is 10.6. The third kappa shape index (κ3) is 10.2. The molecule has 0 aromatic carbocycles. The first-order valence-corrected chi connectivity index (χ1v) is 9.58. The van der Waals surface area contributed by atoms with Crippen LogP contribution in [0.1, 0.15) is 93.2 Å². The smallest absolute Gasteiger partial charge is 1.00 e. The van der Waals surface area contributed by atoms with E-state index in [1.807, 2.05) is 0 Å². The Morgan fingerprint density at radius 2 is 1.04 bits per heavy atom. The number of carboxylic acids is 1. The van der Waals surface area contributed by atoms with Crippen LogP contribution in [-0.2, 0) is 4.79 Å². The van der Waals surface area contributed by atoms with Crippen LogP contribution in [0.15, 0.2) is 0 Å². The van der Waals surface area contributed by atoms with Crippen LogP contribution in [0.4, 0.5) is 0 Å². The fraction of sp³-hybridized carbons (Fsp3) is 0.944. The SMILES string of the molecule is CCCCCCCCCCCCCCC(O)(O)C(O)(O)C(O)(O)C(=O)O.[Ca+2].[H-].[H-]. The van der Waals surface area contributed by atoms with E-state index in [1.165, 1.54) is 38.5 Å². The molecule has 0 aromatic heterocycles. The van der Waals surface area contributed by atoms with Crippen molar-refractivity contribution in [2.45, 2.75) is 108 Å². The second kappa shape index (κ2) is 14.5. The monoisotopic (exact) mass is 422 g/mol. The van der Waals surface area contributed by atoms with Gasteiger partial charge >= 0.3 is 49.5 Å². The molecule has 0 saturated carbocycles. The van der Waals surface area contributed by atoms with Crippen molar-refractivity contribution in [3.05, 3.63) is 0 Å². The van der Waals surface area contributed by atoms with Crippen molar-refractivity contribution in [1.82, 2.24) is 0 Å². The van der Waals surface area contributed by atoms with Crippen molar-refractivity contribution in [3.63, 3.8) is 0 Å². The van der Waals surface area contributed by atoms with E-state index in [2.05, 4.69) is 6.92 Å². The first-order chi connectivity index (χ1) is 12.0. The molecule has 160 valence electrons. The van der Waals surface area contributed by atoms with Gasteiger partial charge < -0.3 is 38.6 Å². The van der Waals surface area contributed by atoms with Crippen LogP contribution in [0.2, 0.25) is 0 Å². The predicted molar refractivity (Wildman–Crippen MR) is 103 cm³/mol. The molecule has 27 heavy (non-hydrogen) atoms. The van der Waals surface area contributed by atoms with Crippen molar-refractivity contribution in [3.8, 4) is 0 Å². The van der Waals surface area contributed by atoms with E-state index in [0.29, 0.717) is 6.42 Å². The average molecular weight is 423 g/mol. The Balaban J connectivity index is -0.00000104. The molecule has 9 heteroatoms. The quantitative estimate of drug-likeness (QED) is 0.110. The normalized spacial score (nSPS) is 12.7. The van der Waals surface area contributed by atoms with E-state index in [-0.39, 0.29) is 47.0 Å². The summed E-state index contributed by atoms with van der Waals surface area (Å²) in [6.45, 7) is 2.19. The van der Waals surface area contributed by atoms with Gasteiger partial charge in [-0.2, -0.15) is 0 Å². The zero-order valence-electron chi connectivity index (χ0n) is 18.4. The van der Waals surface area contributed by atoms with E-state index < -0.39 is 29.8 Å². The van der Waals surface area contributed by atoms with E-state index in [4.69, 9.17) is 5.11 Å². The fourth-order valence-corrected chi connectivity index (χ4v) is 2.82. The Morgan fingerprint density at radius 3 is 1.37 bits per heavy atom. The van der Waals surface area contributed by atoms with E-state index >= 15 is 0 Å². The van der Waals surface area contributed by atoms with Gasteiger partial charge in [-0.15, -0.1) is 0 Å². The Morgan fingerprint density at radius 1 is 0.704 bits per heavy atom. The number of aliphatic hydroxyl groups is 6. The van der Waals surface area contributed by atoms with Gasteiger partial charge in [0.15, 0.2) is 0 Å². The third-order valence-corrected chi connectivity index (χ3v) is 4.72. The minimum absolute atomic E-state index is 0. The van der Waals surface area contributed by atoms with Crippen molar-refractivity contribution >= 4 is 43.7 Å². The van der Waals surface area contributed by atoms with Crippen molar-refractivity contribution in [1.29, 1.82) is 0 Å². The molecule has 0 amide bonds. The number of aliphatic carboxylic acids is 1. The summed E-state index contributed by atoms with van der Waals surface area (Å²) in [6, 6.07) is 0. The van der Waals surface area contributed by atoms with E-state index in [9.17, 15) is 35.4 Å². The number of hydrogen-bond acceptors (Lipinski definition) is 7. The molecule has 0 rings (SSSR count). The van der Waals surface area contributed by atoms with Gasteiger partial charge in [-0.05, 0) is 6.42 Å². The molecule has 0 fully saturated rings. The second-order valence-corrected chi connectivity index (χ2v) is 7.11. The molecule has 8 nitrogen and oxygen atoms in total. The molecule has 0 unspecified atom stereocenters. The summed E-state index contributed by atoms with van der Waals surface area (Å²) in [6.07, 6.45) is 11.7. The topological polar surface area (TPSA) is 159 Å². The Bertz CT molecular complexity index is 409. The van der Waals surface area contributed by atoms with Gasteiger partial charge in [0.05, 0.1) is 0 Å². The molecular formula is C18H38CaO8. The standard InChI is InChI=1S/C18H36O8.Ca.2H/c1-2-3-4-5-6-7-8-9-10-11-12-13-14-16(21,22)18(25,26)17(23,24)15(19)20;;;/h21-26H,2-14H2,1H3,(H,19,20);;;/q;+2;2*-1. The molecule has 0 radical (unpaired) electrons. The molecule has 0 spiro atoms. The van der Waals surface area contributed by atoms with Gasteiger partial charge in [0.1, 0.15) is 0 Å². The average Bonchev–Trinajstić information content (AvgIpc) is 2.55. The minimum Gasteiger partial charge on any atom is -1.00 e. The Kier molecular flexibility index (Phi) is 15.9. The summed E-state index contributed by atoms with van der Waals surface area (Å²) >= 11 is 0. The summed E-state index contributed by atoms with van der Waals surface area (Å²) in [7, 11) is 0. The van der Waals surface area contributed by atoms with Crippen LogP contribution in [0.5, 0.6) is 0 Å². The van der Waals surface area contributed by atoms with Gasteiger partial charge in [0.2, 0.25) is 5.79 Å². The van der Waals surface area contributed by atoms with Crippen LogP contribution in [0.25, 0.3) is 0 Å². The summed E-state index contributed by atoms with van der Waals surface area (Å²) in [5, 5.41) is 65.2. The van der Waals surface area contributed by atoms with Crippen LogP contribution >= 0.6 is 0 Å². The molecule has 0 aliphatic carbocycles. The van der Waals surface area contributed by atoms with Crippen LogP contribution < -0.4 is 0 Å². The number of rotatable bonds is 16. The van der Waals surface area contributed by atoms with Gasteiger partial charge in [0, 0.05) is 6.42 Å². The largest absolute Gasteiger partial charge is 2.00 e. The van der Waals surface area contributed by atoms with Crippen LogP contribution in [-0.4, -0.2) is 96.8 Å². The molecule has 0 aliphatic rings. The maximum Gasteiger partial charge on any atom is 2.00 e. The predicted octanol–water partition coefficient (Wildman–Crippen LogP) is 1.05. The summed E-state index contributed by atoms with van der Waals surface area (Å²) in [4.78, 5) is 10.6. The molecule has 0 saturated heterocycles. The molecular weight excluding hydrogens is 384 g/mol. The molecule has 0 bridgehead atoms. The zero-order valence-corrected chi connectivity index (χ0v) is 18.6. The third-order valence-electron chi connectivity index (χ3n) is 4.72. The van der Waals surface area contributed by atoms with Crippen LogP contribution in [0.3, 0.4) is 0 Å². The minimum atomic E-state index is -4.10.